The van der Waals surface area contributed by atoms with Crippen LogP contribution in [0.4, 0.5) is 4.39 Å². The smallest absolute Gasteiger partial charge is 0.123 e. The van der Waals surface area contributed by atoms with E-state index in [0.29, 0.717) is 18.7 Å². The summed E-state index contributed by atoms with van der Waals surface area (Å²) in [7, 11) is 0. The molecule has 1 heterocycles. The van der Waals surface area contributed by atoms with Gasteiger partial charge in [-0.25, -0.2) is 9.37 Å². The molecule has 2 rings (SSSR count). The van der Waals surface area contributed by atoms with E-state index in [1.807, 2.05) is 12.3 Å². The monoisotopic (exact) mass is 252 g/mol. The molecule has 1 aromatic carbocycles. The van der Waals surface area contributed by atoms with Crippen LogP contribution < -0.4 is 5.32 Å². The maximum Gasteiger partial charge on any atom is 0.123 e. The lowest BCUT2D eigenvalue weighted by atomic mass is 10.2. The fourth-order valence-corrected chi connectivity index (χ4v) is 2.23. The zero-order valence-electron chi connectivity index (χ0n) is 9.40. The number of phenols is 1. The van der Waals surface area contributed by atoms with E-state index in [-0.39, 0.29) is 11.6 Å². The maximum atomic E-state index is 13.0. The molecule has 3 nitrogen and oxygen atoms in total. The zero-order chi connectivity index (χ0) is 12.3. The summed E-state index contributed by atoms with van der Waals surface area (Å²) in [6.45, 7) is 2.98. The number of nitrogens with zero attached hydrogens (tertiary/aromatic N) is 1. The van der Waals surface area contributed by atoms with E-state index in [0.717, 1.165) is 10.7 Å². The Balaban J connectivity index is 1.91. The van der Waals surface area contributed by atoms with Crippen molar-refractivity contribution in [2.45, 2.75) is 20.0 Å². The van der Waals surface area contributed by atoms with Crippen molar-refractivity contribution in [1.29, 1.82) is 0 Å². The second-order valence-electron chi connectivity index (χ2n) is 3.76. The van der Waals surface area contributed by atoms with Crippen LogP contribution in [0, 0.1) is 12.7 Å². The van der Waals surface area contributed by atoms with Crippen molar-refractivity contribution in [3.63, 3.8) is 0 Å². The number of hydrogen-bond acceptors (Lipinski definition) is 4. The second-order valence-corrected chi connectivity index (χ2v) is 4.70. The number of halogens is 1. The summed E-state index contributed by atoms with van der Waals surface area (Å²) in [6.07, 6.45) is 0. The minimum atomic E-state index is -0.343. The van der Waals surface area contributed by atoms with E-state index in [1.54, 1.807) is 11.3 Å². The van der Waals surface area contributed by atoms with E-state index < -0.39 is 0 Å². The van der Waals surface area contributed by atoms with E-state index in [9.17, 15) is 9.50 Å². The quantitative estimate of drug-likeness (QED) is 0.879. The number of hydrogen-bond donors (Lipinski definition) is 2. The van der Waals surface area contributed by atoms with Gasteiger partial charge in [-0.2, -0.15) is 0 Å². The highest BCUT2D eigenvalue weighted by atomic mass is 32.1. The number of aryl methyl sites for hydroxylation is 1. The molecule has 0 aliphatic carbocycles. The van der Waals surface area contributed by atoms with E-state index in [1.165, 1.54) is 18.2 Å². The third kappa shape index (κ3) is 3.25. The van der Waals surface area contributed by atoms with Gasteiger partial charge in [0.2, 0.25) is 0 Å². The van der Waals surface area contributed by atoms with Crippen molar-refractivity contribution in [3.05, 3.63) is 45.7 Å². The highest BCUT2D eigenvalue weighted by Gasteiger charge is 2.03. The van der Waals surface area contributed by atoms with Crippen LogP contribution in [0.1, 0.15) is 16.3 Å². The number of thiazole rings is 1. The predicted molar refractivity (Wildman–Crippen MR) is 65.5 cm³/mol. The molecule has 0 fully saturated rings. The standard InChI is InChI=1S/C12H13FN2OS/c1-8-7-17-12(15-8)6-14-5-9-4-10(13)2-3-11(9)16/h2-4,7,14,16H,5-6H2,1H3. The Labute approximate surface area is 103 Å². The first kappa shape index (κ1) is 12.0. The van der Waals surface area contributed by atoms with E-state index in [2.05, 4.69) is 10.3 Å². The van der Waals surface area contributed by atoms with Gasteiger partial charge in [0.05, 0.1) is 0 Å². The Kier molecular flexibility index (Phi) is 3.71. The summed E-state index contributed by atoms with van der Waals surface area (Å²) in [6, 6.07) is 3.93. The topological polar surface area (TPSA) is 45.1 Å². The summed E-state index contributed by atoms with van der Waals surface area (Å²) >= 11 is 1.58. The Morgan fingerprint density at radius 3 is 2.94 bits per heavy atom. The molecule has 5 heteroatoms. The van der Waals surface area contributed by atoms with Crippen molar-refractivity contribution in [2.75, 3.05) is 0 Å². The lowest BCUT2D eigenvalue weighted by Gasteiger charge is -2.05. The first-order valence-corrected chi connectivity index (χ1v) is 6.12. The van der Waals surface area contributed by atoms with Crippen LogP contribution in [0.15, 0.2) is 23.6 Å². The Morgan fingerprint density at radius 1 is 1.41 bits per heavy atom. The molecule has 90 valence electrons. The number of benzene rings is 1. The van der Waals surface area contributed by atoms with Gasteiger partial charge in [-0.15, -0.1) is 11.3 Å². The molecule has 0 bridgehead atoms. The third-order valence-electron chi connectivity index (χ3n) is 2.30. The van der Waals surface area contributed by atoms with Gasteiger partial charge >= 0.3 is 0 Å². The molecule has 0 radical (unpaired) electrons. The summed E-state index contributed by atoms with van der Waals surface area (Å²) < 4.78 is 13.0. The number of phenolic OH excluding ortho intramolecular Hbond substituents is 1. The minimum absolute atomic E-state index is 0.106. The largest absolute Gasteiger partial charge is 0.508 e. The number of nitrogens with one attached hydrogen (secondary N) is 1. The number of aromatic hydroxyl groups is 1. The van der Waals surface area contributed by atoms with Crippen molar-refractivity contribution in [3.8, 4) is 5.75 Å². The first-order valence-electron chi connectivity index (χ1n) is 5.24. The number of rotatable bonds is 4. The zero-order valence-corrected chi connectivity index (χ0v) is 10.2. The molecule has 0 saturated heterocycles. The van der Waals surface area contributed by atoms with Gasteiger partial charge in [0, 0.05) is 29.7 Å². The van der Waals surface area contributed by atoms with Crippen LogP contribution in [0.2, 0.25) is 0 Å². The fourth-order valence-electron chi connectivity index (χ4n) is 1.48. The first-order chi connectivity index (χ1) is 8.15. The Hall–Kier alpha value is -1.46. The van der Waals surface area contributed by atoms with Gasteiger partial charge < -0.3 is 10.4 Å². The van der Waals surface area contributed by atoms with E-state index in [4.69, 9.17) is 0 Å². The third-order valence-corrected chi connectivity index (χ3v) is 3.27. The van der Waals surface area contributed by atoms with E-state index >= 15 is 0 Å². The molecule has 0 aliphatic heterocycles. The Bertz CT molecular complexity index is 513. The van der Waals surface area contributed by atoms with Crippen LogP contribution in [-0.4, -0.2) is 10.1 Å². The fraction of sp³-hybridized carbons (Fsp3) is 0.250. The van der Waals surface area contributed by atoms with Crippen molar-refractivity contribution in [2.24, 2.45) is 0 Å². The second kappa shape index (κ2) is 5.25. The summed E-state index contributed by atoms with van der Waals surface area (Å²) in [4.78, 5) is 4.30. The van der Waals surface area contributed by atoms with Gasteiger partial charge in [0.25, 0.3) is 0 Å². The SMILES string of the molecule is Cc1csc(CNCc2cc(F)ccc2O)n1. The normalized spacial score (nSPS) is 10.7. The molecule has 2 N–H and O–H groups in total. The van der Waals surface area contributed by atoms with Crippen molar-refractivity contribution in [1.82, 2.24) is 10.3 Å². The summed E-state index contributed by atoms with van der Waals surface area (Å²) in [5.41, 5.74) is 1.55. The van der Waals surface area contributed by atoms with Crippen LogP contribution in [0.3, 0.4) is 0 Å². The number of aromatic nitrogens is 1. The molecule has 1 aromatic heterocycles. The molecule has 0 saturated carbocycles. The van der Waals surface area contributed by atoms with Gasteiger partial charge in [-0.05, 0) is 25.1 Å². The molecule has 0 unspecified atom stereocenters. The molecule has 0 atom stereocenters. The summed E-state index contributed by atoms with van der Waals surface area (Å²) in [5, 5.41) is 15.6. The lowest BCUT2D eigenvalue weighted by molar-refractivity contribution is 0.461. The van der Waals surface area contributed by atoms with Crippen LogP contribution in [-0.2, 0) is 13.1 Å². The molecular formula is C12H13FN2OS. The molecule has 17 heavy (non-hydrogen) atoms. The van der Waals surface area contributed by atoms with Crippen molar-refractivity contribution < 1.29 is 9.50 Å². The lowest BCUT2D eigenvalue weighted by Crippen LogP contribution is -2.12. The molecule has 2 aromatic rings. The predicted octanol–water partition coefficient (Wildman–Crippen LogP) is 2.59. The maximum absolute atomic E-state index is 13.0. The highest BCUT2D eigenvalue weighted by Crippen LogP contribution is 2.17. The molecular weight excluding hydrogens is 239 g/mol. The van der Waals surface area contributed by atoms with Crippen LogP contribution >= 0.6 is 11.3 Å². The van der Waals surface area contributed by atoms with Gasteiger partial charge in [-0.1, -0.05) is 0 Å². The average molecular weight is 252 g/mol. The average Bonchev–Trinajstić information content (AvgIpc) is 2.69. The van der Waals surface area contributed by atoms with Crippen LogP contribution in [0.25, 0.3) is 0 Å². The van der Waals surface area contributed by atoms with Gasteiger partial charge in [0.1, 0.15) is 16.6 Å². The van der Waals surface area contributed by atoms with Gasteiger partial charge in [-0.3, -0.25) is 0 Å². The van der Waals surface area contributed by atoms with Crippen LogP contribution in [0.5, 0.6) is 5.75 Å². The van der Waals surface area contributed by atoms with Crippen molar-refractivity contribution >= 4 is 11.3 Å². The highest BCUT2D eigenvalue weighted by molar-refractivity contribution is 7.09. The minimum Gasteiger partial charge on any atom is -0.508 e. The molecule has 0 spiro atoms. The summed E-state index contributed by atoms with van der Waals surface area (Å²) in [5.74, 6) is -0.237. The Morgan fingerprint density at radius 2 is 2.24 bits per heavy atom. The molecule has 0 aliphatic rings. The van der Waals surface area contributed by atoms with Gasteiger partial charge in [0.15, 0.2) is 0 Å². The molecule has 0 amide bonds.